The minimum absolute atomic E-state index is 0.00280. The molecule has 1 aromatic heterocycles. The van der Waals surface area contributed by atoms with E-state index < -0.39 is 71.5 Å². The zero-order chi connectivity index (χ0) is 24.0. The molecule has 2 unspecified atom stereocenters. The van der Waals surface area contributed by atoms with Gasteiger partial charge in [0.2, 0.25) is 17.5 Å². The van der Waals surface area contributed by atoms with E-state index >= 15 is 0 Å². The lowest BCUT2D eigenvalue weighted by Gasteiger charge is -2.39. The Morgan fingerprint density at radius 3 is 2.18 bits per heavy atom. The van der Waals surface area contributed by atoms with E-state index in [1.165, 1.54) is 18.2 Å². The Kier molecular flexibility index (Phi) is 5.78. The standard InChI is InChI=1S/C21H20O12/c22-6-13-16(27)17(28)19(30)21(33-13)31-8-1-2-9-12(5-8)32-20(18(29)14(9)25)7-3-10(23)15(26)11(24)4-7/h1-5,13,16-17,19,21-24,26-30H,6H2/t13?,16-,17+,19?,21-/m1/s1. The number of phenolic OH excluding ortho intramolecular Hbond substituents is 3. The van der Waals surface area contributed by atoms with Crippen LogP contribution in [0.15, 0.2) is 39.5 Å². The summed E-state index contributed by atoms with van der Waals surface area (Å²) in [6.45, 7) is -0.646. The summed E-state index contributed by atoms with van der Waals surface area (Å²) in [5.74, 6) is -3.45. The van der Waals surface area contributed by atoms with E-state index in [4.69, 9.17) is 13.9 Å². The number of aromatic hydroxyl groups is 4. The number of aliphatic hydroxyl groups excluding tert-OH is 4. The van der Waals surface area contributed by atoms with Crippen LogP contribution < -0.4 is 10.2 Å². The first-order chi connectivity index (χ1) is 15.6. The van der Waals surface area contributed by atoms with Crippen molar-refractivity contribution in [2.45, 2.75) is 30.7 Å². The molecule has 12 nitrogen and oxygen atoms in total. The minimum atomic E-state index is -1.66. The minimum Gasteiger partial charge on any atom is -0.504 e. The first-order valence-corrected chi connectivity index (χ1v) is 9.64. The fraction of sp³-hybridized carbons (Fsp3) is 0.286. The van der Waals surface area contributed by atoms with Gasteiger partial charge in [0.25, 0.3) is 0 Å². The van der Waals surface area contributed by atoms with Crippen LogP contribution in [-0.4, -0.2) is 78.2 Å². The summed E-state index contributed by atoms with van der Waals surface area (Å²) in [5.41, 5.74) is -1.04. The normalized spacial score (nSPS) is 25.3. The van der Waals surface area contributed by atoms with Crippen LogP contribution in [0, 0.1) is 0 Å². The molecule has 0 saturated carbocycles. The number of rotatable bonds is 4. The predicted octanol–water partition coefficient (Wildman–Crippen LogP) is -0.539. The van der Waals surface area contributed by atoms with Crippen molar-refractivity contribution in [1.82, 2.24) is 0 Å². The van der Waals surface area contributed by atoms with Crippen LogP contribution in [0.2, 0.25) is 0 Å². The summed E-state index contributed by atoms with van der Waals surface area (Å²) in [4.78, 5) is 12.6. The maximum absolute atomic E-state index is 12.6. The molecule has 0 bridgehead atoms. The van der Waals surface area contributed by atoms with Crippen molar-refractivity contribution in [3.8, 4) is 40.1 Å². The van der Waals surface area contributed by atoms with E-state index in [-0.39, 0.29) is 22.3 Å². The molecule has 2 heterocycles. The lowest BCUT2D eigenvalue weighted by molar-refractivity contribution is -0.277. The number of phenols is 3. The number of ether oxygens (including phenoxy) is 2. The second-order valence-electron chi connectivity index (χ2n) is 7.45. The number of fused-ring (bicyclic) bond motifs is 1. The second kappa shape index (κ2) is 8.42. The van der Waals surface area contributed by atoms with Gasteiger partial charge in [-0.15, -0.1) is 0 Å². The van der Waals surface area contributed by atoms with Gasteiger partial charge in [0, 0.05) is 11.6 Å². The van der Waals surface area contributed by atoms with Crippen LogP contribution in [-0.2, 0) is 4.74 Å². The van der Waals surface area contributed by atoms with Gasteiger partial charge in [-0.1, -0.05) is 0 Å². The highest BCUT2D eigenvalue weighted by Crippen LogP contribution is 2.41. The maximum atomic E-state index is 12.6. The van der Waals surface area contributed by atoms with Crippen molar-refractivity contribution in [1.29, 1.82) is 0 Å². The Balaban J connectivity index is 1.73. The van der Waals surface area contributed by atoms with Crippen molar-refractivity contribution in [3.05, 3.63) is 40.6 Å². The van der Waals surface area contributed by atoms with E-state index in [0.29, 0.717) is 0 Å². The first-order valence-electron chi connectivity index (χ1n) is 9.64. The molecule has 1 aliphatic heterocycles. The highest BCUT2D eigenvalue weighted by molar-refractivity contribution is 5.83. The summed E-state index contributed by atoms with van der Waals surface area (Å²) in [6, 6.07) is 5.72. The molecule has 1 aliphatic rings. The van der Waals surface area contributed by atoms with Crippen LogP contribution in [0.1, 0.15) is 0 Å². The lowest BCUT2D eigenvalue weighted by Crippen LogP contribution is -2.60. The number of hydrogen-bond acceptors (Lipinski definition) is 12. The molecule has 4 rings (SSSR count). The third kappa shape index (κ3) is 3.90. The van der Waals surface area contributed by atoms with Crippen molar-refractivity contribution in [2.24, 2.45) is 0 Å². The molecule has 3 aromatic rings. The van der Waals surface area contributed by atoms with Gasteiger partial charge in [0.05, 0.1) is 12.0 Å². The molecule has 0 amide bonds. The topological polar surface area (TPSA) is 211 Å². The number of benzene rings is 2. The van der Waals surface area contributed by atoms with E-state index in [1.54, 1.807) is 0 Å². The summed E-state index contributed by atoms with van der Waals surface area (Å²) in [7, 11) is 0. The fourth-order valence-electron chi connectivity index (χ4n) is 3.47. The quantitative estimate of drug-likeness (QED) is 0.229. The van der Waals surface area contributed by atoms with Crippen LogP contribution in [0.25, 0.3) is 22.3 Å². The molecule has 176 valence electrons. The Bertz CT molecular complexity index is 1230. The molecule has 12 heteroatoms. The highest BCUT2D eigenvalue weighted by atomic mass is 16.7. The highest BCUT2D eigenvalue weighted by Gasteiger charge is 2.44. The average molecular weight is 464 g/mol. The molecule has 0 aliphatic carbocycles. The lowest BCUT2D eigenvalue weighted by atomic mass is 9.99. The third-order valence-electron chi connectivity index (χ3n) is 5.27. The van der Waals surface area contributed by atoms with Gasteiger partial charge < -0.3 is 54.7 Å². The maximum Gasteiger partial charge on any atom is 0.235 e. The smallest absolute Gasteiger partial charge is 0.235 e. The molecule has 33 heavy (non-hydrogen) atoms. The second-order valence-corrected chi connectivity index (χ2v) is 7.45. The third-order valence-corrected chi connectivity index (χ3v) is 5.27. The molecule has 2 aromatic carbocycles. The van der Waals surface area contributed by atoms with Crippen LogP contribution in [0.4, 0.5) is 0 Å². The Morgan fingerprint density at radius 2 is 1.55 bits per heavy atom. The Labute approximate surface area is 184 Å². The van der Waals surface area contributed by atoms with Crippen molar-refractivity contribution in [2.75, 3.05) is 6.61 Å². The van der Waals surface area contributed by atoms with Gasteiger partial charge in [-0.05, 0) is 24.3 Å². The van der Waals surface area contributed by atoms with Gasteiger partial charge in [0.15, 0.2) is 23.0 Å². The Morgan fingerprint density at radius 1 is 0.879 bits per heavy atom. The van der Waals surface area contributed by atoms with E-state index in [1.807, 2.05) is 0 Å². The monoisotopic (exact) mass is 464 g/mol. The Hall–Kier alpha value is -3.55. The molecule has 5 atom stereocenters. The SMILES string of the molecule is O=c1c(O)c(-c2cc(O)c(O)c(O)c2)oc2cc(O[C@@H]3OC(CO)[C@@H](O)[C@H](O)C3O)ccc12. The van der Waals surface area contributed by atoms with Crippen LogP contribution in [0.3, 0.4) is 0 Å². The van der Waals surface area contributed by atoms with Gasteiger partial charge in [-0.2, -0.15) is 0 Å². The van der Waals surface area contributed by atoms with Crippen molar-refractivity contribution in [3.63, 3.8) is 0 Å². The molecular weight excluding hydrogens is 444 g/mol. The predicted molar refractivity (Wildman–Crippen MR) is 109 cm³/mol. The van der Waals surface area contributed by atoms with Crippen LogP contribution in [0.5, 0.6) is 28.7 Å². The van der Waals surface area contributed by atoms with E-state index in [0.717, 1.165) is 12.1 Å². The first kappa shape index (κ1) is 22.6. The average Bonchev–Trinajstić information content (AvgIpc) is 2.79. The summed E-state index contributed by atoms with van der Waals surface area (Å²) >= 11 is 0. The van der Waals surface area contributed by atoms with Gasteiger partial charge in [0.1, 0.15) is 35.7 Å². The van der Waals surface area contributed by atoms with Crippen LogP contribution >= 0.6 is 0 Å². The van der Waals surface area contributed by atoms with Gasteiger partial charge in [-0.25, -0.2) is 0 Å². The molecule has 1 saturated heterocycles. The zero-order valence-corrected chi connectivity index (χ0v) is 16.7. The summed E-state index contributed by atoms with van der Waals surface area (Å²) < 4.78 is 16.4. The summed E-state index contributed by atoms with van der Waals surface area (Å²) in [5, 5.41) is 78.4. The molecule has 0 radical (unpaired) electrons. The van der Waals surface area contributed by atoms with Crippen molar-refractivity contribution >= 4 is 11.0 Å². The van der Waals surface area contributed by atoms with Gasteiger partial charge in [-0.3, -0.25) is 4.79 Å². The van der Waals surface area contributed by atoms with E-state index in [9.17, 15) is 45.6 Å². The molecule has 1 fully saturated rings. The fourth-order valence-corrected chi connectivity index (χ4v) is 3.47. The molecular formula is C21H20O12. The number of aliphatic hydroxyl groups is 4. The summed E-state index contributed by atoms with van der Waals surface area (Å²) in [6.07, 6.45) is -7.55. The van der Waals surface area contributed by atoms with E-state index in [2.05, 4.69) is 0 Å². The zero-order valence-electron chi connectivity index (χ0n) is 16.7. The largest absolute Gasteiger partial charge is 0.504 e. The van der Waals surface area contributed by atoms with Crippen molar-refractivity contribution < 1.29 is 54.7 Å². The molecule has 0 spiro atoms. The number of hydrogen-bond donors (Lipinski definition) is 8. The molecule has 8 N–H and O–H groups in total. The van der Waals surface area contributed by atoms with Gasteiger partial charge >= 0.3 is 0 Å².